The summed E-state index contributed by atoms with van der Waals surface area (Å²) in [6.45, 7) is 5.91. The van der Waals surface area contributed by atoms with Crippen LogP contribution in [0, 0.1) is 11.6 Å². The Morgan fingerprint density at radius 2 is 2.08 bits per heavy atom. The van der Waals surface area contributed by atoms with Crippen LogP contribution in [0.3, 0.4) is 0 Å². The number of hydrogen-bond acceptors (Lipinski definition) is 4. The first-order chi connectivity index (χ1) is 12.2. The maximum Gasteiger partial charge on any atom is 0.196 e. The summed E-state index contributed by atoms with van der Waals surface area (Å²) in [7, 11) is 0. The number of halogens is 3. The molecule has 1 unspecified atom stereocenters. The monoisotopic (exact) mass is 402 g/mol. The first kappa shape index (κ1) is 18.7. The summed E-state index contributed by atoms with van der Waals surface area (Å²) in [5.41, 5.74) is -0.369. The van der Waals surface area contributed by atoms with Crippen molar-refractivity contribution in [3.8, 4) is 11.4 Å². The largest absolute Gasteiger partial charge is 0.755 e. The smallest absolute Gasteiger partial charge is 0.196 e. The third-order valence-electron chi connectivity index (χ3n) is 4.37. The average molecular weight is 403 g/mol. The number of nitrogens with zero attached hydrogens (tertiary/aromatic N) is 3. The van der Waals surface area contributed by atoms with Gasteiger partial charge in [0.15, 0.2) is 17.3 Å². The van der Waals surface area contributed by atoms with Gasteiger partial charge < -0.3 is 9.27 Å². The van der Waals surface area contributed by atoms with Crippen molar-refractivity contribution in [1.82, 2.24) is 19.8 Å². The van der Waals surface area contributed by atoms with Crippen LogP contribution < -0.4 is 4.72 Å². The van der Waals surface area contributed by atoms with Gasteiger partial charge in [-0.05, 0) is 18.6 Å². The van der Waals surface area contributed by atoms with Crippen molar-refractivity contribution in [2.45, 2.75) is 32.6 Å². The number of fused-ring (bicyclic) bond motifs is 1. The highest BCUT2D eigenvalue weighted by molar-refractivity contribution is 7.80. The van der Waals surface area contributed by atoms with E-state index in [9.17, 15) is 17.5 Å². The molecule has 0 saturated carbocycles. The van der Waals surface area contributed by atoms with Crippen molar-refractivity contribution < 1.29 is 17.5 Å². The summed E-state index contributed by atoms with van der Waals surface area (Å²) in [4.78, 5) is 0. The predicted molar refractivity (Wildman–Crippen MR) is 93.6 cm³/mol. The molecule has 2 heterocycles. The van der Waals surface area contributed by atoms with Crippen molar-refractivity contribution in [2.24, 2.45) is 0 Å². The topological polar surface area (TPSA) is 98.1 Å². The molecule has 0 spiro atoms. The fourth-order valence-electron chi connectivity index (χ4n) is 2.52. The zero-order valence-corrected chi connectivity index (χ0v) is 15.6. The van der Waals surface area contributed by atoms with Crippen LogP contribution >= 0.6 is 11.6 Å². The van der Waals surface area contributed by atoms with E-state index in [-0.39, 0.29) is 16.9 Å². The molecule has 0 bridgehead atoms. The Morgan fingerprint density at radius 3 is 2.69 bits per heavy atom. The molecule has 140 valence electrons. The first-order valence-electron chi connectivity index (χ1n) is 7.64. The molecule has 0 aliphatic heterocycles. The second kappa shape index (κ2) is 6.60. The summed E-state index contributed by atoms with van der Waals surface area (Å²) in [5, 5.41) is 11.0. The maximum absolute atomic E-state index is 14.7. The highest BCUT2D eigenvalue weighted by Crippen LogP contribution is 2.36. The molecule has 26 heavy (non-hydrogen) atoms. The van der Waals surface area contributed by atoms with Crippen LogP contribution in [0.5, 0.6) is 0 Å². The molecule has 0 radical (unpaired) electrons. The van der Waals surface area contributed by atoms with Gasteiger partial charge in [0.05, 0.1) is 16.9 Å². The molecule has 0 aliphatic rings. The van der Waals surface area contributed by atoms with Crippen molar-refractivity contribution in [2.75, 3.05) is 4.72 Å². The van der Waals surface area contributed by atoms with Crippen LogP contribution in [-0.4, -0.2) is 28.6 Å². The van der Waals surface area contributed by atoms with Gasteiger partial charge in [0.1, 0.15) is 10.8 Å². The lowest BCUT2D eigenvalue weighted by Gasteiger charge is -2.21. The Kier molecular flexibility index (Phi) is 4.76. The summed E-state index contributed by atoms with van der Waals surface area (Å²) in [6.07, 6.45) is 0.761. The van der Waals surface area contributed by atoms with E-state index in [1.165, 1.54) is 4.52 Å². The number of anilines is 1. The van der Waals surface area contributed by atoms with Crippen molar-refractivity contribution in [1.29, 1.82) is 0 Å². The number of rotatable bonds is 5. The minimum absolute atomic E-state index is 0.157. The van der Waals surface area contributed by atoms with Crippen LogP contribution in [0.2, 0.25) is 5.02 Å². The standard InChI is InChI=1S/C15H16ClF2N5O2S/c1-4-15(2,3)12-10(16)14-20-19-13(23(14)21-12)9-7(17)5-6-8(11(9)18)22-26(24)25/h5-6,21-22H,4H2,1-3H3,(H,24,25)/p-1. The SMILES string of the molecule is CCC(C)(C)c1[nH]n2c(-c3c(F)ccc(NS(=O)[O-])c3F)nnc2c1Cl. The summed E-state index contributed by atoms with van der Waals surface area (Å²) in [5.74, 6) is -2.18. The fourth-order valence-corrected chi connectivity index (χ4v) is 3.28. The van der Waals surface area contributed by atoms with Gasteiger partial charge >= 0.3 is 0 Å². The Labute approximate surface area is 155 Å². The lowest BCUT2D eigenvalue weighted by Crippen LogP contribution is -2.17. The minimum atomic E-state index is -2.76. The molecular formula is C15H15ClF2N5O2S-. The molecule has 0 saturated heterocycles. The quantitative estimate of drug-likeness (QED) is 0.637. The molecule has 2 aromatic heterocycles. The van der Waals surface area contributed by atoms with Crippen LogP contribution in [0.1, 0.15) is 32.9 Å². The second-order valence-electron chi connectivity index (χ2n) is 6.34. The lowest BCUT2D eigenvalue weighted by atomic mass is 9.87. The zero-order chi connectivity index (χ0) is 19.2. The molecule has 3 rings (SSSR count). The number of benzene rings is 1. The molecule has 11 heteroatoms. The van der Waals surface area contributed by atoms with E-state index >= 15 is 0 Å². The Bertz CT molecular complexity index is 1020. The van der Waals surface area contributed by atoms with E-state index in [0.717, 1.165) is 18.6 Å². The minimum Gasteiger partial charge on any atom is -0.755 e. The van der Waals surface area contributed by atoms with Gasteiger partial charge in [-0.2, -0.15) is 0 Å². The number of aromatic nitrogens is 4. The van der Waals surface area contributed by atoms with E-state index in [0.29, 0.717) is 10.7 Å². The van der Waals surface area contributed by atoms with Crippen LogP contribution in [0.25, 0.3) is 17.0 Å². The predicted octanol–water partition coefficient (Wildman–Crippen LogP) is 3.55. The molecule has 1 aromatic carbocycles. The number of hydrogen-bond donors (Lipinski definition) is 2. The van der Waals surface area contributed by atoms with E-state index in [1.807, 2.05) is 25.5 Å². The Hall–Kier alpha value is -2.04. The van der Waals surface area contributed by atoms with E-state index in [1.54, 1.807) is 0 Å². The highest BCUT2D eigenvalue weighted by atomic mass is 35.5. The first-order valence-corrected chi connectivity index (χ1v) is 9.10. The number of nitrogens with one attached hydrogen (secondary N) is 2. The van der Waals surface area contributed by atoms with E-state index < -0.39 is 34.2 Å². The molecule has 2 N–H and O–H groups in total. The third-order valence-corrected chi connectivity index (χ3v) is 5.12. The van der Waals surface area contributed by atoms with Crippen LogP contribution in [0.15, 0.2) is 12.1 Å². The van der Waals surface area contributed by atoms with Crippen LogP contribution in [-0.2, 0) is 16.7 Å². The van der Waals surface area contributed by atoms with Gasteiger partial charge in [0.25, 0.3) is 0 Å². The van der Waals surface area contributed by atoms with Gasteiger partial charge in [-0.3, -0.25) is 9.31 Å². The average Bonchev–Trinajstić information content (AvgIpc) is 3.12. The summed E-state index contributed by atoms with van der Waals surface area (Å²) in [6, 6.07) is 1.92. The van der Waals surface area contributed by atoms with Gasteiger partial charge in [-0.15, -0.1) is 10.2 Å². The van der Waals surface area contributed by atoms with Gasteiger partial charge in [-0.25, -0.2) is 13.3 Å². The molecule has 0 aliphatic carbocycles. The van der Waals surface area contributed by atoms with E-state index in [4.69, 9.17) is 11.6 Å². The van der Waals surface area contributed by atoms with Gasteiger partial charge in [0.2, 0.25) is 0 Å². The molecule has 7 nitrogen and oxygen atoms in total. The van der Waals surface area contributed by atoms with Crippen LogP contribution in [0.4, 0.5) is 14.5 Å². The molecule has 0 fully saturated rings. The Balaban J connectivity index is 2.24. The maximum atomic E-state index is 14.7. The van der Waals surface area contributed by atoms with Gasteiger partial charge in [0, 0.05) is 16.7 Å². The molecule has 0 amide bonds. The highest BCUT2D eigenvalue weighted by Gasteiger charge is 2.29. The lowest BCUT2D eigenvalue weighted by molar-refractivity contribution is 0.487. The van der Waals surface area contributed by atoms with Crippen molar-refractivity contribution in [3.05, 3.63) is 34.5 Å². The summed E-state index contributed by atoms with van der Waals surface area (Å²) < 4.78 is 53.7. The van der Waals surface area contributed by atoms with Crippen molar-refractivity contribution in [3.63, 3.8) is 0 Å². The number of H-pyrrole nitrogens is 1. The molecule has 1 atom stereocenters. The second-order valence-corrected chi connectivity index (χ2v) is 7.39. The molecular weight excluding hydrogens is 388 g/mol. The Morgan fingerprint density at radius 1 is 1.38 bits per heavy atom. The molecule has 3 aromatic rings. The normalized spacial score (nSPS) is 13.3. The third kappa shape index (κ3) is 2.97. The fraction of sp³-hybridized carbons (Fsp3) is 0.333. The number of aromatic amines is 1. The summed E-state index contributed by atoms with van der Waals surface area (Å²) >= 11 is 3.60. The van der Waals surface area contributed by atoms with Gasteiger partial charge in [-0.1, -0.05) is 32.4 Å². The van der Waals surface area contributed by atoms with Crippen molar-refractivity contribution >= 4 is 34.2 Å². The zero-order valence-electron chi connectivity index (χ0n) is 14.1. The van der Waals surface area contributed by atoms with E-state index in [2.05, 4.69) is 15.3 Å².